The second-order valence-electron chi connectivity index (χ2n) is 6.13. The number of amides is 2. The minimum Gasteiger partial charge on any atom is -0.456 e. The first kappa shape index (κ1) is 16.4. The largest absolute Gasteiger partial charge is 0.456 e. The summed E-state index contributed by atoms with van der Waals surface area (Å²) in [6, 6.07) is 5.79. The average molecular weight is 365 g/mol. The van der Waals surface area contributed by atoms with Gasteiger partial charge in [-0.1, -0.05) is 0 Å². The summed E-state index contributed by atoms with van der Waals surface area (Å²) in [5.41, 5.74) is 11.3. The fraction of sp³-hybridized carbons (Fsp3) is 0.105. The maximum absolute atomic E-state index is 11.7. The van der Waals surface area contributed by atoms with Gasteiger partial charge in [0.1, 0.15) is 11.3 Å². The van der Waals surface area contributed by atoms with E-state index in [1.807, 2.05) is 26.0 Å². The number of furan rings is 1. The number of hydrogen-bond acceptors (Lipinski definition) is 6. The third-order valence-corrected chi connectivity index (χ3v) is 5.07. The Morgan fingerprint density at radius 1 is 1.15 bits per heavy atom. The van der Waals surface area contributed by atoms with Crippen molar-refractivity contribution in [1.82, 2.24) is 10.3 Å². The maximum Gasteiger partial charge on any atom is 0.290 e. The van der Waals surface area contributed by atoms with Gasteiger partial charge in [-0.05, 0) is 60.5 Å². The van der Waals surface area contributed by atoms with Crippen LogP contribution in [0.5, 0.6) is 0 Å². The monoisotopic (exact) mass is 365 g/mol. The van der Waals surface area contributed by atoms with E-state index in [9.17, 15) is 9.59 Å². The lowest BCUT2D eigenvalue weighted by Crippen LogP contribution is -2.17. The molecular weight excluding hydrogens is 350 g/mol. The van der Waals surface area contributed by atoms with Crippen LogP contribution >= 0.6 is 11.8 Å². The van der Waals surface area contributed by atoms with E-state index in [0.29, 0.717) is 16.2 Å². The van der Waals surface area contributed by atoms with Gasteiger partial charge in [0, 0.05) is 35.1 Å². The number of carbonyl (C=O) groups is 2. The number of nitrogens with two attached hydrogens (primary N) is 1. The van der Waals surface area contributed by atoms with Crippen molar-refractivity contribution in [3.05, 3.63) is 52.4 Å². The van der Waals surface area contributed by atoms with Crippen LogP contribution in [0.25, 0.3) is 28.2 Å². The van der Waals surface area contributed by atoms with Gasteiger partial charge in [-0.3, -0.25) is 19.9 Å². The number of fused-ring (bicyclic) bond motifs is 1. The molecular formula is C19H15N3O3S. The fourth-order valence-electron chi connectivity index (χ4n) is 2.94. The molecule has 4 rings (SSSR count). The van der Waals surface area contributed by atoms with Crippen LogP contribution in [-0.2, 0) is 4.79 Å². The summed E-state index contributed by atoms with van der Waals surface area (Å²) in [6.07, 6.45) is 5.01. The van der Waals surface area contributed by atoms with E-state index in [4.69, 9.17) is 10.2 Å². The summed E-state index contributed by atoms with van der Waals surface area (Å²) in [5.74, 6) is 0.0778. The van der Waals surface area contributed by atoms with E-state index < -0.39 is 5.91 Å². The summed E-state index contributed by atoms with van der Waals surface area (Å²) < 4.78 is 5.96. The molecule has 0 aliphatic carbocycles. The zero-order chi connectivity index (χ0) is 18.4. The lowest BCUT2D eigenvalue weighted by Gasteiger charge is -2.09. The number of hydrogen-bond donors (Lipinski definition) is 2. The molecule has 1 fully saturated rings. The van der Waals surface area contributed by atoms with Crippen molar-refractivity contribution in [3.8, 4) is 11.1 Å². The number of benzene rings is 1. The highest BCUT2D eigenvalue weighted by atomic mass is 32.2. The van der Waals surface area contributed by atoms with E-state index in [0.717, 1.165) is 45.1 Å². The smallest absolute Gasteiger partial charge is 0.290 e. The molecule has 0 spiro atoms. The Hall–Kier alpha value is -3.06. The number of carbonyl (C=O) groups excluding carboxylic acids is 2. The van der Waals surface area contributed by atoms with Gasteiger partial charge in [0.05, 0.1) is 4.91 Å². The number of aromatic nitrogens is 1. The number of aryl methyl sites for hydroxylation is 2. The van der Waals surface area contributed by atoms with Gasteiger partial charge in [-0.15, -0.1) is 0 Å². The molecule has 0 saturated carbocycles. The third-order valence-electron chi connectivity index (χ3n) is 4.26. The Morgan fingerprint density at radius 3 is 2.54 bits per heavy atom. The molecule has 0 atom stereocenters. The Kier molecular flexibility index (Phi) is 3.81. The quantitative estimate of drug-likeness (QED) is 0.526. The highest BCUT2D eigenvalue weighted by Gasteiger charge is 2.25. The van der Waals surface area contributed by atoms with Crippen LogP contribution in [0, 0.1) is 13.8 Å². The Bertz CT molecular complexity index is 1090. The van der Waals surface area contributed by atoms with Crippen molar-refractivity contribution in [2.45, 2.75) is 13.8 Å². The predicted octanol–water partition coefficient (Wildman–Crippen LogP) is 4.02. The molecule has 0 bridgehead atoms. The number of rotatable bonds is 2. The van der Waals surface area contributed by atoms with Gasteiger partial charge in [-0.25, -0.2) is 0 Å². The van der Waals surface area contributed by atoms with Crippen molar-refractivity contribution in [2.75, 3.05) is 5.73 Å². The lowest BCUT2D eigenvalue weighted by atomic mass is 9.99. The molecule has 3 heterocycles. The number of nitrogens with zero attached hydrogens (tertiary/aromatic N) is 1. The van der Waals surface area contributed by atoms with E-state index >= 15 is 0 Å². The summed E-state index contributed by atoms with van der Waals surface area (Å²) in [7, 11) is 0. The first-order valence-electron chi connectivity index (χ1n) is 7.92. The van der Waals surface area contributed by atoms with Crippen molar-refractivity contribution >= 4 is 45.6 Å². The second kappa shape index (κ2) is 6.03. The van der Waals surface area contributed by atoms with E-state index in [1.165, 1.54) is 0 Å². The zero-order valence-corrected chi connectivity index (χ0v) is 14.9. The number of imide groups is 1. The predicted molar refractivity (Wildman–Crippen MR) is 102 cm³/mol. The summed E-state index contributed by atoms with van der Waals surface area (Å²) in [6.45, 7) is 3.93. The fourth-order valence-corrected chi connectivity index (χ4v) is 3.60. The number of nitrogens with one attached hydrogen (secondary N) is 1. The van der Waals surface area contributed by atoms with Crippen LogP contribution < -0.4 is 11.1 Å². The van der Waals surface area contributed by atoms with Gasteiger partial charge in [0.25, 0.3) is 11.1 Å². The van der Waals surface area contributed by atoms with E-state index in [-0.39, 0.29) is 5.24 Å². The van der Waals surface area contributed by atoms with Crippen molar-refractivity contribution in [1.29, 1.82) is 0 Å². The SMILES string of the molecule is Cc1cc(-c2cncc3cc(/C=C4\SC(=O)NC4=O)oc23)cc(C)c1N. The van der Waals surface area contributed by atoms with Crippen LogP contribution in [-0.4, -0.2) is 16.1 Å². The van der Waals surface area contributed by atoms with Crippen molar-refractivity contribution < 1.29 is 14.0 Å². The van der Waals surface area contributed by atoms with E-state index in [2.05, 4.69) is 10.3 Å². The lowest BCUT2D eigenvalue weighted by molar-refractivity contribution is -0.115. The van der Waals surface area contributed by atoms with E-state index in [1.54, 1.807) is 24.5 Å². The molecule has 26 heavy (non-hydrogen) atoms. The number of thioether (sulfide) groups is 1. The van der Waals surface area contributed by atoms with Crippen molar-refractivity contribution in [2.24, 2.45) is 0 Å². The second-order valence-corrected chi connectivity index (χ2v) is 7.14. The molecule has 3 aromatic rings. The van der Waals surface area contributed by atoms with Gasteiger partial charge in [0.15, 0.2) is 0 Å². The molecule has 130 valence electrons. The van der Waals surface area contributed by atoms with Gasteiger partial charge in [-0.2, -0.15) is 0 Å². The molecule has 1 saturated heterocycles. The molecule has 1 aliphatic rings. The summed E-state index contributed by atoms with van der Waals surface area (Å²) in [4.78, 5) is 27.6. The first-order valence-corrected chi connectivity index (χ1v) is 8.73. The van der Waals surface area contributed by atoms with Crippen LogP contribution in [0.4, 0.5) is 10.5 Å². The van der Waals surface area contributed by atoms with Gasteiger partial charge in [0.2, 0.25) is 0 Å². The molecule has 1 aromatic carbocycles. The highest BCUT2D eigenvalue weighted by Crippen LogP contribution is 2.34. The maximum atomic E-state index is 11.7. The standard InChI is InChI=1S/C19H15N3O3S/c1-9-3-11(4-10(2)16(9)20)14-8-21-7-12-5-13(25-17(12)14)6-15-18(23)22-19(24)26-15/h3-8H,20H2,1-2H3,(H,22,23,24)/b15-6-. The third kappa shape index (κ3) is 2.76. The van der Waals surface area contributed by atoms with Gasteiger partial charge >= 0.3 is 0 Å². The molecule has 6 nitrogen and oxygen atoms in total. The number of anilines is 1. The zero-order valence-electron chi connectivity index (χ0n) is 14.1. The molecule has 2 aromatic heterocycles. The van der Waals surface area contributed by atoms with Crippen molar-refractivity contribution in [3.63, 3.8) is 0 Å². The first-order chi connectivity index (χ1) is 12.4. The Balaban J connectivity index is 1.83. The summed E-state index contributed by atoms with van der Waals surface area (Å²) >= 11 is 0.857. The van der Waals surface area contributed by atoms with Crippen LogP contribution in [0.1, 0.15) is 16.9 Å². The topological polar surface area (TPSA) is 98.2 Å². The summed E-state index contributed by atoms with van der Waals surface area (Å²) in [5, 5.41) is 2.66. The number of pyridine rings is 1. The molecule has 1 aliphatic heterocycles. The molecule has 0 unspecified atom stereocenters. The minimum atomic E-state index is -0.413. The highest BCUT2D eigenvalue weighted by molar-refractivity contribution is 8.18. The molecule has 0 radical (unpaired) electrons. The molecule has 3 N–H and O–H groups in total. The minimum absolute atomic E-state index is 0.308. The molecule has 7 heteroatoms. The Morgan fingerprint density at radius 2 is 1.88 bits per heavy atom. The van der Waals surface area contributed by atoms with Crippen LogP contribution in [0.2, 0.25) is 0 Å². The number of nitrogen functional groups attached to an aromatic ring is 1. The Labute approximate surface area is 153 Å². The van der Waals surface area contributed by atoms with Crippen LogP contribution in [0.15, 0.2) is 39.9 Å². The average Bonchev–Trinajstić information content (AvgIpc) is 3.14. The normalized spacial score (nSPS) is 15.8. The van der Waals surface area contributed by atoms with Gasteiger partial charge < -0.3 is 10.2 Å². The molecule has 2 amide bonds. The van der Waals surface area contributed by atoms with Crippen LogP contribution in [0.3, 0.4) is 0 Å².